The zero-order chi connectivity index (χ0) is 26.7. The maximum Gasteiger partial charge on any atom is 0.257 e. The Hall–Kier alpha value is -3.34. The predicted molar refractivity (Wildman–Crippen MR) is 140 cm³/mol. The molecule has 9 heteroatoms. The number of nitrogens with two attached hydrogens (primary N) is 1. The summed E-state index contributed by atoms with van der Waals surface area (Å²) >= 11 is 1.81. The molecule has 8 nitrogen and oxygen atoms in total. The van der Waals surface area contributed by atoms with Crippen LogP contribution in [0.2, 0.25) is 0 Å². The van der Waals surface area contributed by atoms with Gasteiger partial charge in [-0.1, -0.05) is 72.8 Å². The van der Waals surface area contributed by atoms with Gasteiger partial charge in [-0.2, -0.15) is 0 Å². The van der Waals surface area contributed by atoms with Crippen molar-refractivity contribution in [3.63, 3.8) is 0 Å². The van der Waals surface area contributed by atoms with Gasteiger partial charge in [0.1, 0.15) is 12.4 Å². The zero-order valence-corrected chi connectivity index (χ0v) is 21.3. The molecule has 1 aromatic heterocycles. The SMILES string of the molecule is CC(SCCc1c(CO)oc2c(OC(=O)[O-])cccc12)(c1ccccc1)c1ccccc1.OC[NH2+]CO. The van der Waals surface area contributed by atoms with Gasteiger partial charge in [-0.25, -0.2) is 0 Å². The van der Waals surface area contributed by atoms with Crippen LogP contribution in [0.15, 0.2) is 83.3 Å². The quantitative estimate of drug-likeness (QED) is 0.141. The molecular weight excluding hydrogens is 494 g/mol. The summed E-state index contributed by atoms with van der Waals surface area (Å²) in [5.41, 5.74) is 3.57. The highest BCUT2D eigenvalue weighted by Gasteiger charge is 2.29. The van der Waals surface area contributed by atoms with Gasteiger partial charge in [0.2, 0.25) is 0 Å². The van der Waals surface area contributed by atoms with Crippen molar-refractivity contribution in [1.82, 2.24) is 0 Å². The molecule has 196 valence electrons. The van der Waals surface area contributed by atoms with Crippen LogP contribution in [-0.2, 0) is 17.8 Å². The number of benzene rings is 3. The van der Waals surface area contributed by atoms with Crippen molar-refractivity contribution in [2.75, 3.05) is 19.2 Å². The number of aliphatic hydroxyl groups is 3. The maximum atomic E-state index is 10.9. The highest BCUT2D eigenvalue weighted by Crippen LogP contribution is 2.43. The molecule has 0 unspecified atom stereocenters. The van der Waals surface area contributed by atoms with Crippen molar-refractivity contribution in [2.24, 2.45) is 0 Å². The van der Waals surface area contributed by atoms with Crippen molar-refractivity contribution in [1.29, 1.82) is 0 Å². The van der Waals surface area contributed by atoms with E-state index in [0.717, 1.165) is 16.7 Å². The lowest BCUT2D eigenvalue weighted by molar-refractivity contribution is -0.710. The van der Waals surface area contributed by atoms with E-state index >= 15 is 0 Å². The average molecular weight is 526 g/mol. The Morgan fingerprint density at radius 2 is 1.54 bits per heavy atom. The van der Waals surface area contributed by atoms with Crippen LogP contribution in [0.3, 0.4) is 0 Å². The van der Waals surface area contributed by atoms with Crippen molar-refractivity contribution >= 4 is 28.9 Å². The second-order valence-corrected chi connectivity index (χ2v) is 9.68. The van der Waals surface area contributed by atoms with Crippen LogP contribution < -0.4 is 15.2 Å². The Morgan fingerprint density at radius 1 is 0.946 bits per heavy atom. The van der Waals surface area contributed by atoms with E-state index in [1.54, 1.807) is 6.07 Å². The zero-order valence-electron chi connectivity index (χ0n) is 20.5. The van der Waals surface area contributed by atoms with Gasteiger partial charge >= 0.3 is 0 Å². The molecule has 0 atom stereocenters. The van der Waals surface area contributed by atoms with E-state index in [1.807, 2.05) is 54.2 Å². The highest BCUT2D eigenvalue weighted by molar-refractivity contribution is 8.00. The maximum absolute atomic E-state index is 10.9. The van der Waals surface area contributed by atoms with E-state index in [0.29, 0.717) is 17.8 Å². The minimum Gasteiger partial charge on any atom is -0.510 e. The molecule has 0 amide bonds. The molecule has 0 bridgehead atoms. The lowest BCUT2D eigenvalue weighted by atomic mass is 9.92. The monoisotopic (exact) mass is 525 g/mol. The van der Waals surface area contributed by atoms with E-state index in [9.17, 15) is 15.0 Å². The molecule has 4 rings (SSSR count). The molecule has 4 aromatic rings. The molecule has 0 saturated carbocycles. The van der Waals surface area contributed by atoms with Gasteiger partial charge < -0.3 is 39.7 Å². The van der Waals surface area contributed by atoms with Crippen LogP contribution in [0.5, 0.6) is 5.75 Å². The molecular formula is C28H31NO7S. The molecule has 1 heterocycles. The lowest BCUT2D eigenvalue weighted by Crippen LogP contribution is -2.84. The first-order chi connectivity index (χ1) is 17.9. The molecule has 0 radical (unpaired) electrons. The number of aliphatic hydroxyl groups excluding tert-OH is 3. The van der Waals surface area contributed by atoms with E-state index in [4.69, 9.17) is 19.4 Å². The summed E-state index contributed by atoms with van der Waals surface area (Å²) in [6.45, 7) is 1.87. The third kappa shape index (κ3) is 7.12. The molecule has 0 aliphatic heterocycles. The van der Waals surface area contributed by atoms with E-state index in [1.165, 1.54) is 22.5 Å². The number of para-hydroxylation sites is 1. The van der Waals surface area contributed by atoms with Crippen molar-refractivity contribution in [3.05, 3.63) is 101 Å². The van der Waals surface area contributed by atoms with Gasteiger partial charge in [0.05, 0.1) is 10.5 Å². The summed E-state index contributed by atoms with van der Waals surface area (Å²) in [6.07, 6.45) is -1.02. The number of hydrogen-bond acceptors (Lipinski definition) is 8. The predicted octanol–water partition coefficient (Wildman–Crippen LogP) is 2.34. The fourth-order valence-corrected chi connectivity index (χ4v) is 5.35. The van der Waals surface area contributed by atoms with Crippen LogP contribution in [-0.4, -0.2) is 40.7 Å². The van der Waals surface area contributed by atoms with Gasteiger partial charge in [0, 0.05) is 10.9 Å². The van der Waals surface area contributed by atoms with Crippen molar-refractivity contribution < 1.29 is 39.7 Å². The van der Waals surface area contributed by atoms with Crippen LogP contribution in [0.25, 0.3) is 11.0 Å². The summed E-state index contributed by atoms with van der Waals surface area (Å²) < 4.78 is 10.2. The topological polar surface area (TPSA) is 140 Å². The molecule has 3 aromatic carbocycles. The first-order valence-corrected chi connectivity index (χ1v) is 12.7. The average Bonchev–Trinajstić information content (AvgIpc) is 3.29. The summed E-state index contributed by atoms with van der Waals surface area (Å²) in [5.74, 6) is 1.23. The van der Waals surface area contributed by atoms with Crippen molar-refractivity contribution in [2.45, 2.75) is 24.7 Å². The third-order valence-corrected chi connectivity index (χ3v) is 7.31. The molecule has 5 N–H and O–H groups in total. The van der Waals surface area contributed by atoms with Gasteiger partial charge in [0.25, 0.3) is 6.16 Å². The van der Waals surface area contributed by atoms with Crippen LogP contribution >= 0.6 is 11.8 Å². The molecule has 0 aliphatic carbocycles. The normalized spacial score (nSPS) is 11.1. The third-order valence-electron chi connectivity index (χ3n) is 5.85. The number of carbonyl (C=O) groups is 1. The number of carbonyl (C=O) groups excluding carboxylic acids is 1. The van der Waals surface area contributed by atoms with Crippen LogP contribution in [0, 0.1) is 0 Å². The Kier molecular flexibility index (Phi) is 10.6. The number of thioether (sulfide) groups is 1. The number of hydrogen-bond donors (Lipinski definition) is 4. The first kappa shape index (κ1) is 28.2. The summed E-state index contributed by atoms with van der Waals surface area (Å²) in [7, 11) is 0. The number of rotatable bonds is 10. The summed E-state index contributed by atoms with van der Waals surface area (Å²) in [6, 6.07) is 25.8. The van der Waals surface area contributed by atoms with Crippen LogP contribution in [0.4, 0.5) is 4.79 Å². The van der Waals surface area contributed by atoms with E-state index < -0.39 is 6.16 Å². The summed E-state index contributed by atoms with van der Waals surface area (Å²) in [5, 5.41) is 38.5. The Morgan fingerprint density at radius 3 is 2.03 bits per heavy atom. The number of aryl methyl sites for hydroxylation is 1. The Balaban J connectivity index is 0.000000695. The first-order valence-electron chi connectivity index (χ1n) is 11.8. The smallest absolute Gasteiger partial charge is 0.257 e. The molecule has 0 saturated heterocycles. The van der Waals surface area contributed by atoms with Crippen molar-refractivity contribution in [3.8, 4) is 5.75 Å². The van der Waals surface area contributed by atoms with E-state index in [-0.39, 0.29) is 30.6 Å². The number of carboxylic acid groups (broad SMARTS) is 1. The molecule has 0 fully saturated rings. The van der Waals surface area contributed by atoms with Gasteiger partial charge in [-0.15, -0.1) is 11.8 Å². The van der Waals surface area contributed by atoms with Gasteiger partial charge in [-0.3, -0.25) is 0 Å². The van der Waals surface area contributed by atoms with E-state index in [2.05, 4.69) is 31.2 Å². The number of fused-ring (bicyclic) bond motifs is 1. The fourth-order valence-electron chi connectivity index (χ4n) is 4.03. The fraction of sp³-hybridized carbons (Fsp3) is 0.250. The molecule has 37 heavy (non-hydrogen) atoms. The Labute approximate surface area is 219 Å². The molecule has 0 aliphatic rings. The highest BCUT2D eigenvalue weighted by atomic mass is 32.2. The number of furan rings is 1. The standard InChI is InChI=1S/C26H24O5S.C2H7NO2/c1-26(18-9-4-2-5-10-18,19-11-6-3-7-12-19)32-16-15-20-21-13-8-14-22(31-25(28)29)24(21)30-23(20)17-27;4-1-3-2-5/h2-14,27H,15-17H2,1H3,(H,28,29);3-5H,1-2H2. The second-order valence-electron chi connectivity index (χ2n) is 8.16. The largest absolute Gasteiger partial charge is 0.510 e. The number of ether oxygens (including phenoxy) is 1. The van der Waals surface area contributed by atoms with Gasteiger partial charge in [0.15, 0.2) is 19.0 Å². The minimum atomic E-state index is -1.65. The second kappa shape index (κ2) is 13.8. The van der Waals surface area contributed by atoms with Crippen LogP contribution in [0.1, 0.15) is 29.4 Å². The summed E-state index contributed by atoms with van der Waals surface area (Å²) in [4.78, 5) is 10.9. The minimum absolute atomic E-state index is 0.0312. The lowest BCUT2D eigenvalue weighted by Gasteiger charge is -2.30. The Bertz CT molecular complexity index is 1220. The number of quaternary nitrogens is 1. The molecule has 0 spiro atoms. The van der Waals surface area contributed by atoms with Gasteiger partial charge in [-0.05, 0) is 36.3 Å².